The summed E-state index contributed by atoms with van der Waals surface area (Å²) < 4.78 is 32.3. The minimum atomic E-state index is -2.60. The molecule has 0 aromatic heterocycles. The summed E-state index contributed by atoms with van der Waals surface area (Å²) in [4.78, 5) is 49.9. The highest BCUT2D eigenvalue weighted by atomic mass is 32.2. The molecule has 0 aliphatic rings. The first-order valence-electron chi connectivity index (χ1n) is 16.3. The molecule has 5 amide bonds. The molecular formula is C29H60N4O10S2Si2. The van der Waals surface area contributed by atoms with Crippen LogP contribution >= 0.6 is 23.5 Å². The summed E-state index contributed by atoms with van der Waals surface area (Å²) in [7, 11) is 4.29. The number of urea groups is 1. The number of amides is 5. The summed E-state index contributed by atoms with van der Waals surface area (Å²) in [6.07, 6.45) is 8.29. The van der Waals surface area contributed by atoms with Crippen molar-refractivity contribution in [2.75, 3.05) is 80.3 Å². The summed E-state index contributed by atoms with van der Waals surface area (Å²) >= 11 is 2.49. The van der Waals surface area contributed by atoms with Crippen molar-refractivity contribution < 1.29 is 45.7 Å². The van der Waals surface area contributed by atoms with E-state index in [0.29, 0.717) is 56.2 Å². The maximum absolute atomic E-state index is 12.5. The van der Waals surface area contributed by atoms with E-state index < -0.39 is 17.6 Å². The summed E-state index contributed by atoms with van der Waals surface area (Å²) in [6, 6.07) is 0.943. The minimum Gasteiger partial charge on any atom is -0.377 e. The van der Waals surface area contributed by atoms with Gasteiger partial charge >= 0.3 is 23.6 Å². The average Bonchev–Trinajstić information content (AvgIpc) is 3.07. The van der Waals surface area contributed by atoms with E-state index in [9.17, 15) is 19.2 Å². The van der Waals surface area contributed by atoms with Crippen LogP contribution in [0.4, 0.5) is 14.4 Å². The third-order valence-electron chi connectivity index (χ3n) is 7.44. The maximum Gasteiger partial charge on any atom is 0.500 e. The van der Waals surface area contributed by atoms with Gasteiger partial charge in [-0.15, -0.1) is 0 Å². The largest absolute Gasteiger partial charge is 0.500 e. The van der Waals surface area contributed by atoms with E-state index in [1.165, 1.54) is 35.3 Å². The van der Waals surface area contributed by atoms with Crippen LogP contribution in [0.5, 0.6) is 0 Å². The molecule has 0 bridgehead atoms. The standard InChI is InChI=1S/C29H60N4O10S2Si2/c1-26(34)33(21-15-11-10-14-20-32-29(37)45-23-17-25-47(41-5,42-6)43-7)27(35)30-18-12-8-9-13-19-31-28(36)44-22-16-24-46(38-2,39-3)40-4/h8-25H2,1-7H3,(H,30,35)(H,31,36)(H,32,37). The predicted octanol–water partition coefficient (Wildman–Crippen LogP) is 5.09. The molecule has 3 N–H and O–H groups in total. The molecule has 0 aromatic rings. The molecule has 0 rings (SSSR count). The van der Waals surface area contributed by atoms with E-state index in [2.05, 4.69) is 16.0 Å². The number of nitrogens with one attached hydrogen (secondary N) is 3. The Bertz CT molecular complexity index is 858. The molecule has 0 atom stereocenters. The number of hydrogen-bond donors (Lipinski definition) is 3. The SMILES string of the molecule is CO[Si](CCCSC(=O)NCCCCCCNC(=O)N(CCCCCCNC(=O)SCCC[Si](OC)(OC)OC)C(C)=O)(OC)OC. The number of rotatable bonds is 28. The van der Waals surface area contributed by atoms with Crippen molar-refractivity contribution in [2.24, 2.45) is 0 Å². The Kier molecular flexibility index (Phi) is 27.8. The smallest absolute Gasteiger partial charge is 0.377 e. The molecule has 47 heavy (non-hydrogen) atoms. The zero-order chi connectivity index (χ0) is 35.4. The topological polar surface area (TPSA) is 163 Å². The van der Waals surface area contributed by atoms with Crippen LogP contribution in [-0.4, -0.2) is 125 Å². The summed E-state index contributed by atoms with van der Waals surface area (Å²) in [5.41, 5.74) is 0. The molecule has 0 aliphatic carbocycles. The van der Waals surface area contributed by atoms with Gasteiger partial charge in [-0.25, -0.2) is 4.79 Å². The first-order chi connectivity index (χ1) is 22.6. The van der Waals surface area contributed by atoms with Crippen LogP contribution in [-0.2, 0) is 31.4 Å². The van der Waals surface area contributed by atoms with Gasteiger partial charge in [-0.05, 0) is 38.5 Å². The lowest BCUT2D eigenvalue weighted by atomic mass is 10.2. The molecule has 0 saturated carbocycles. The number of imide groups is 1. The van der Waals surface area contributed by atoms with E-state index in [-0.39, 0.29) is 22.4 Å². The predicted molar refractivity (Wildman–Crippen MR) is 192 cm³/mol. The molecule has 0 fully saturated rings. The first kappa shape index (κ1) is 45.8. The van der Waals surface area contributed by atoms with Gasteiger partial charge in [-0.1, -0.05) is 49.2 Å². The molecule has 276 valence electrons. The molecule has 14 nitrogen and oxygen atoms in total. The fourth-order valence-corrected chi connectivity index (χ4v) is 9.86. The highest BCUT2D eigenvalue weighted by Gasteiger charge is 2.37. The van der Waals surface area contributed by atoms with Gasteiger partial charge in [0, 0.05) is 99.4 Å². The number of carbonyl (C=O) groups is 4. The van der Waals surface area contributed by atoms with Crippen molar-refractivity contribution in [2.45, 2.75) is 83.2 Å². The molecule has 18 heteroatoms. The van der Waals surface area contributed by atoms with Crippen molar-refractivity contribution in [1.29, 1.82) is 0 Å². The summed E-state index contributed by atoms with van der Waals surface area (Å²) in [5, 5.41) is 8.56. The third-order valence-corrected chi connectivity index (χ3v) is 14.9. The number of thioether (sulfide) groups is 2. The van der Waals surface area contributed by atoms with Crippen molar-refractivity contribution in [3.8, 4) is 0 Å². The Hall–Kier alpha value is -1.23. The maximum atomic E-state index is 12.5. The molecule has 0 unspecified atom stereocenters. The molecule has 0 heterocycles. The third kappa shape index (κ3) is 21.5. The van der Waals surface area contributed by atoms with Gasteiger partial charge in [0.1, 0.15) is 0 Å². The van der Waals surface area contributed by atoms with Gasteiger partial charge in [0.25, 0.3) is 10.5 Å². The lowest BCUT2D eigenvalue weighted by Gasteiger charge is -2.24. The lowest BCUT2D eigenvalue weighted by Crippen LogP contribution is -2.43. The lowest BCUT2D eigenvalue weighted by molar-refractivity contribution is -0.126. The van der Waals surface area contributed by atoms with Crippen LogP contribution in [0.15, 0.2) is 0 Å². The van der Waals surface area contributed by atoms with Crippen LogP contribution in [0.1, 0.15) is 71.1 Å². The molecule has 0 saturated heterocycles. The molecule has 0 spiro atoms. The van der Waals surface area contributed by atoms with E-state index in [0.717, 1.165) is 57.8 Å². The van der Waals surface area contributed by atoms with E-state index in [4.69, 9.17) is 26.6 Å². The van der Waals surface area contributed by atoms with Gasteiger partial charge < -0.3 is 42.5 Å². The summed E-state index contributed by atoms with van der Waals surface area (Å²) in [5.74, 6) is 1.04. The molecule has 0 aromatic carbocycles. The zero-order valence-electron chi connectivity index (χ0n) is 29.6. The van der Waals surface area contributed by atoms with Gasteiger partial charge in [0.2, 0.25) is 5.91 Å². The van der Waals surface area contributed by atoms with Crippen LogP contribution in [0.3, 0.4) is 0 Å². The van der Waals surface area contributed by atoms with Crippen LogP contribution in [0.2, 0.25) is 12.1 Å². The average molecular weight is 745 g/mol. The zero-order valence-corrected chi connectivity index (χ0v) is 33.2. The highest BCUT2D eigenvalue weighted by Crippen LogP contribution is 2.18. The Balaban J connectivity index is 3.88. The van der Waals surface area contributed by atoms with Crippen molar-refractivity contribution in [1.82, 2.24) is 20.9 Å². The Morgan fingerprint density at radius 2 is 0.894 bits per heavy atom. The molecule has 0 aliphatic heterocycles. The Morgan fingerprint density at radius 3 is 1.26 bits per heavy atom. The van der Waals surface area contributed by atoms with Gasteiger partial charge in [0.15, 0.2) is 0 Å². The van der Waals surface area contributed by atoms with Crippen LogP contribution in [0.25, 0.3) is 0 Å². The van der Waals surface area contributed by atoms with Crippen LogP contribution in [0, 0.1) is 0 Å². The molecule has 0 radical (unpaired) electrons. The van der Waals surface area contributed by atoms with E-state index in [1.807, 2.05) is 0 Å². The normalized spacial score (nSPS) is 11.7. The van der Waals surface area contributed by atoms with Gasteiger partial charge in [-0.3, -0.25) is 19.3 Å². The number of nitrogens with zero attached hydrogens (tertiary/aromatic N) is 1. The molecular weight excluding hydrogens is 685 g/mol. The summed E-state index contributed by atoms with van der Waals surface area (Å²) in [6.45, 7) is 3.45. The fraction of sp³-hybridized carbons (Fsp3) is 0.862. The Morgan fingerprint density at radius 1 is 0.532 bits per heavy atom. The van der Waals surface area contributed by atoms with Crippen molar-refractivity contribution in [3.63, 3.8) is 0 Å². The second-order valence-corrected chi connectivity index (χ2v) is 19.0. The van der Waals surface area contributed by atoms with Gasteiger partial charge in [0.05, 0.1) is 0 Å². The van der Waals surface area contributed by atoms with E-state index in [1.54, 1.807) is 42.7 Å². The Labute approximate surface area is 292 Å². The quantitative estimate of drug-likeness (QED) is 0.0720. The van der Waals surface area contributed by atoms with Crippen molar-refractivity contribution >= 4 is 63.5 Å². The number of carbonyl (C=O) groups excluding carboxylic acids is 4. The van der Waals surface area contributed by atoms with Crippen LogP contribution < -0.4 is 16.0 Å². The minimum absolute atomic E-state index is 0.0453. The number of hydrogen-bond acceptors (Lipinski definition) is 12. The van der Waals surface area contributed by atoms with Crippen molar-refractivity contribution in [3.05, 3.63) is 0 Å². The monoisotopic (exact) mass is 744 g/mol. The second-order valence-electron chi connectivity index (χ2n) is 10.7. The number of unbranched alkanes of at least 4 members (excludes halogenated alkanes) is 6. The second kappa shape index (κ2) is 28.6. The fourth-order valence-electron chi connectivity index (χ4n) is 4.55. The first-order valence-corrected chi connectivity index (χ1v) is 22.1. The van der Waals surface area contributed by atoms with Gasteiger partial charge in [-0.2, -0.15) is 0 Å². The van der Waals surface area contributed by atoms with E-state index >= 15 is 0 Å². The highest BCUT2D eigenvalue weighted by molar-refractivity contribution is 8.13.